The Kier molecular flexibility index (Phi) is 4.22. The van der Waals surface area contributed by atoms with E-state index in [4.69, 9.17) is 9.26 Å². The molecule has 1 saturated heterocycles. The zero-order chi connectivity index (χ0) is 17.4. The summed E-state index contributed by atoms with van der Waals surface area (Å²) < 4.78 is 25.3. The molecule has 0 radical (unpaired) electrons. The SMILES string of the molecule is Cc1cc(C(=O)N(C[C@@H]2CCCO2)c2nc3c(F)cccc3s2)no1. The van der Waals surface area contributed by atoms with Crippen LogP contribution in [-0.4, -0.2) is 35.3 Å². The molecular weight excluding hydrogens is 345 g/mol. The van der Waals surface area contributed by atoms with Gasteiger partial charge in [0.05, 0.1) is 17.3 Å². The van der Waals surface area contributed by atoms with Gasteiger partial charge in [0.15, 0.2) is 10.8 Å². The van der Waals surface area contributed by atoms with E-state index in [0.717, 1.165) is 12.8 Å². The van der Waals surface area contributed by atoms with Gasteiger partial charge in [0.1, 0.15) is 17.1 Å². The van der Waals surface area contributed by atoms with Crippen molar-refractivity contribution in [2.75, 3.05) is 18.1 Å². The number of carbonyl (C=O) groups is 1. The zero-order valence-electron chi connectivity index (χ0n) is 13.6. The first-order chi connectivity index (χ1) is 12.1. The molecule has 1 fully saturated rings. The molecule has 3 heterocycles. The van der Waals surface area contributed by atoms with Crippen LogP contribution in [0.3, 0.4) is 0 Å². The van der Waals surface area contributed by atoms with Crippen LogP contribution in [0.15, 0.2) is 28.8 Å². The number of hydrogen-bond donors (Lipinski definition) is 0. The molecule has 4 rings (SSSR count). The minimum atomic E-state index is -0.401. The predicted molar refractivity (Wildman–Crippen MR) is 91.5 cm³/mol. The number of hydrogen-bond acceptors (Lipinski definition) is 6. The second kappa shape index (κ2) is 6.53. The maximum Gasteiger partial charge on any atom is 0.282 e. The quantitative estimate of drug-likeness (QED) is 0.711. The third kappa shape index (κ3) is 3.14. The Hall–Kier alpha value is -2.32. The number of benzene rings is 1. The molecule has 1 aromatic carbocycles. The summed E-state index contributed by atoms with van der Waals surface area (Å²) in [4.78, 5) is 18.8. The van der Waals surface area contributed by atoms with Gasteiger partial charge < -0.3 is 9.26 Å². The van der Waals surface area contributed by atoms with E-state index < -0.39 is 5.82 Å². The van der Waals surface area contributed by atoms with Crippen LogP contribution in [0.4, 0.5) is 9.52 Å². The Morgan fingerprint density at radius 2 is 2.36 bits per heavy atom. The average Bonchev–Trinajstić information content (AvgIpc) is 3.32. The Bertz CT molecular complexity index is 917. The van der Waals surface area contributed by atoms with Crippen molar-refractivity contribution in [3.8, 4) is 0 Å². The molecule has 8 heteroatoms. The van der Waals surface area contributed by atoms with E-state index in [-0.39, 0.29) is 23.2 Å². The molecule has 1 aliphatic rings. The highest BCUT2D eigenvalue weighted by atomic mass is 32.1. The number of rotatable bonds is 4. The number of aryl methyl sites for hydroxylation is 1. The van der Waals surface area contributed by atoms with Crippen LogP contribution >= 0.6 is 11.3 Å². The summed E-state index contributed by atoms with van der Waals surface area (Å²) in [5.74, 6) is -0.177. The number of nitrogens with zero attached hydrogens (tertiary/aromatic N) is 3. The van der Waals surface area contributed by atoms with Crippen LogP contribution in [0.5, 0.6) is 0 Å². The lowest BCUT2D eigenvalue weighted by Crippen LogP contribution is -2.37. The molecule has 6 nitrogen and oxygen atoms in total. The maximum atomic E-state index is 14.0. The highest BCUT2D eigenvalue weighted by Gasteiger charge is 2.29. The largest absolute Gasteiger partial charge is 0.376 e. The van der Waals surface area contributed by atoms with Gasteiger partial charge in [-0.3, -0.25) is 9.69 Å². The molecule has 0 unspecified atom stereocenters. The molecule has 25 heavy (non-hydrogen) atoms. The fraction of sp³-hybridized carbons (Fsp3) is 0.353. The molecular formula is C17H16FN3O3S. The Balaban J connectivity index is 1.72. The summed E-state index contributed by atoms with van der Waals surface area (Å²) in [6, 6.07) is 6.36. The van der Waals surface area contributed by atoms with Crippen LogP contribution in [-0.2, 0) is 4.74 Å². The Morgan fingerprint density at radius 1 is 1.48 bits per heavy atom. The smallest absolute Gasteiger partial charge is 0.282 e. The maximum absolute atomic E-state index is 14.0. The molecule has 0 N–H and O–H groups in total. The van der Waals surface area contributed by atoms with Crippen LogP contribution < -0.4 is 4.90 Å². The molecule has 0 spiro atoms. The van der Waals surface area contributed by atoms with Gasteiger partial charge in [-0.1, -0.05) is 22.6 Å². The van der Waals surface area contributed by atoms with Crippen molar-refractivity contribution in [2.45, 2.75) is 25.9 Å². The summed E-state index contributed by atoms with van der Waals surface area (Å²) in [6.45, 7) is 2.76. The molecule has 1 amide bonds. The van der Waals surface area contributed by atoms with E-state index >= 15 is 0 Å². The van der Waals surface area contributed by atoms with E-state index in [1.54, 1.807) is 25.1 Å². The highest BCUT2D eigenvalue weighted by Crippen LogP contribution is 2.32. The van der Waals surface area contributed by atoms with Crippen molar-refractivity contribution < 1.29 is 18.4 Å². The fourth-order valence-electron chi connectivity index (χ4n) is 2.86. The standard InChI is InChI=1S/C17H16FN3O3S/c1-10-8-13(20-24-10)16(22)21(9-11-4-3-7-23-11)17-19-15-12(18)5-2-6-14(15)25-17/h2,5-6,8,11H,3-4,7,9H2,1H3/t11-/m0/s1. The van der Waals surface area contributed by atoms with Gasteiger partial charge in [-0.2, -0.15) is 0 Å². The Morgan fingerprint density at radius 3 is 3.04 bits per heavy atom. The topological polar surface area (TPSA) is 68.5 Å². The van der Waals surface area contributed by atoms with Crippen molar-refractivity contribution in [3.05, 3.63) is 41.5 Å². The summed E-state index contributed by atoms with van der Waals surface area (Å²) in [5.41, 5.74) is 0.471. The molecule has 0 bridgehead atoms. The lowest BCUT2D eigenvalue weighted by molar-refractivity contribution is 0.0910. The van der Waals surface area contributed by atoms with Crippen LogP contribution in [0.2, 0.25) is 0 Å². The monoisotopic (exact) mass is 361 g/mol. The number of fused-ring (bicyclic) bond motifs is 1. The van der Waals surface area contributed by atoms with Crippen molar-refractivity contribution in [3.63, 3.8) is 0 Å². The highest BCUT2D eigenvalue weighted by molar-refractivity contribution is 7.22. The van der Waals surface area contributed by atoms with Gasteiger partial charge in [0.2, 0.25) is 0 Å². The van der Waals surface area contributed by atoms with E-state index in [1.807, 2.05) is 0 Å². The average molecular weight is 361 g/mol. The van der Waals surface area contributed by atoms with Crippen molar-refractivity contribution in [1.29, 1.82) is 0 Å². The van der Waals surface area contributed by atoms with E-state index in [1.165, 1.54) is 22.3 Å². The number of amides is 1. The number of ether oxygens (including phenoxy) is 1. The zero-order valence-corrected chi connectivity index (χ0v) is 14.4. The minimum Gasteiger partial charge on any atom is -0.376 e. The second-order valence-electron chi connectivity index (χ2n) is 5.96. The number of carbonyl (C=O) groups excluding carboxylic acids is 1. The number of aromatic nitrogens is 2. The molecule has 1 aliphatic heterocycles. The van der Waals surface area contributed by atoms with Gasteiger partial charge >= 0.3 is 0 Å². The number of para-hydroxylation sites is 1. The van der Waals surface area contributed by atoms with E-state index in [2.05, 4.69) is 10.1 Å². The third-order valence-electron chi connectivity index (χ3n) is 4.09. The predicted octanol–water partition coefficient (Wildman–Crippen LogP) is 3.56. The lowest BCUT2D eigenvalue weighted by atomic mass is 10.2. The fourth-order valence-corrected chi connectivity index (χ4v) is 3.85. The summed E-state index contributed by atoms with van der Waals surface area (Å²) >= 11 is 1.27. The summed E-state index contributed by atoms with van der Waals surface area (Å²) in [7, 11) is 0. The van der Waals surface area contributed by atoms with Crippen molar-refractivity contribution in [1.82, 2.24) is 10.1 Å². The first-order valence-electron chi connectivity index (χ1n) is 8.03. The van der Waals surface area contributed by atoms with Crippen molar-refractivity contribution >= 4 is 32.6 Å². The van der Waals surface area contributed by atoms with Gasteiger partial charge in [0.25, 0.3) is 5.91 Å². The molecule has 1 atom stereocenters. The van der Waals surface area contributed by atoms with Crippen LogP contribution in [0.25, 0.3) is 10.2 Å². The van der Waals surface area contributed by atoms with E-state index in [9.17, 15) is 9.18 Å². The third-order valence-corrected chi connectivity index (χ3v) is 5.14. The Labute approximate surface area is 147 Å². The second-order valence-corrected chi connectivity index (χ2v) is 6.97. The molecule has 3 aromatic rings. The van der Waals surface area contributed by atoms with Gasteiger partial charge in [0, 0.05) is 12.7 Å². The number of halogens is 1. The first-order valence-corrected chi connectivity index (χ1v) is 8.85. The summed E-state index contributed by atoms with van der Waals surface area (Å²) in [6.07, 6.45) is 1.78. The molecule has 130 valence electrons. The van der Waals surface area contributed by atoms with Crippen LogP contribution in [0.1, 0.15) is 29.1 Å². The number of anilines is 1. The number of thiazole rings is 1. The van der Waals surface area contributed by atoms with E-state index in [0.29, 0.717) is 28.7 Å². The van der Waals surface area contributed by atoms with Crippen molar-refractivity contribution in [2.24, 2.45) is 0 Å². The first kappa shape index (κ1) is 16.2. The van der Waals surface area contributed by atoms with Gasteiger partial charge in [-0.15, -0.1) is 0 Å². The molecule has 0 aliphatic carbocycles. The normalized spacial score (nSPS) is 17.3. The molecule has 2 aromatic heterocycles. The summed E-state index contributed by atoms with van der Waals surface area (Å²) in [5, 5.41) is 4.24. The minimum absolute atomic E-state index is 0.0613. The molecule has 0 saturated carbocycles. The van der Waals surface area contributed by atoms with Gasteiger partial charge in [-0.25, -0.2) is 9.37 Å². The van der Waals surface area contributed by atoms with Gasteiger partial charge in [-0.05, 0) is 31.9 Å². The van der Waals surface area contributed by atoms with Crippen LogP contribution in [0, 0.1) is 12.7 Å². The lowest BCUT2D eigenvalue weighted by Gasteiger charge is -2.21.